The Morgan fingerprint density at radius 3 is 2.05 bits per heavy atom. The standard InChI is InChI=1S/C15H30BNO2/c1-4-6-8-15(3,9-7-5-2)14(18)17-12-10-16(19)11-13-17/h19H,4-13H2,1-3H3. The molecule has 1 aliphatic heterocycles. The van der Waals surface area contributed by atoms with Crippen molar-refractivity contribution in [1.82, 2.24) is 4.90 Å². The molecule has 3 nitrogen and oxygen atoms in total. The molecule has 1 saturated heterocycles. The van der Waals surface area contributed by atoms with Crippen LogP contribution < -0.4 is 0 Å². The average molecular weight is 267 g/mol. The second-order valence-corrected chi connectivity index (χ2v) is 6.29. The van der Waals surface area contributed by atoms with E-state index in [1.54, 1.807) is 0 Å². The van der Waals surface area contributed by atoms with Crippen molar-refractivity contribution < 1.29 is 9.82 Å². The van der Waals surface area contributed by atoms with Crippen LogP contribution in [-0.2, 0) is 4.79 Å². The summed E-state index contributed by atoms with van der Waals surface area (Å²) in [5.41, 5.74) is -0.186. The predicted octanol–water partition coefficient (Wildman–Crippen LogP) is 3.20. The first kappa shape index (κ1) is 16.5. The summed E-state index contributed by atoms with van der Waals surface area (Å²) in [5.74, 6) is 0.321. The molecule has 0 aromatic carbocycles. The second-order valence-electron chi connectivity index (χ2n) is 6.29. The molecular weight excluding hydrogens is 237 g/mol. The third-order valence-corrected chi connectivity index (χ3v) is 4.43. The van der Waals surface area contributed by atoms with Gasteiger partial charge in [-0.2, -0.15) is 0 Å². The van der Waals surface area contributed by atoms with Gasteiger partial charge in [0.15, 0.2) is 0 Å². The van der Waals surface area contributed by atoms with Crippen LogP contribution in [0, 0.1) is 5.41 Å². The molecule has 1 aliphatic rings. The molecule has 19 heavy (non-hydrogen) atoms. The van der Waals surface area contributed by atoms with Crippen LogP contribution in [0.5, 0.6) is 0 Å². The number of nitrogens with zero attached hydrogens (tertiary/aromatic N) is 1. The zero-order valence-electron chi connectivity index (χ0n) is 13.0. The Morgan fingerprint density at radius 2 is 1.63 bits per heavy atom. The van der Waals surface area contributed by atoms with Crippen molar-refractivity contribution >= 4 is 12.8 Å². The van der Waals surface area contributed by atoms with Gasteiger partial charge in [-0.25, -0.2) is 0 Å². The zero-order chi connectivity index (χ0) is 14.3. The van der Waals surface area contributed by atoms with Gasteiger partial charge >= 0.3 is 0 Å². The Kier molecular flexibility index (Phi) is 6.91. The predicted molar refractivity (Wildman–Crippen MR) is 81.3 cm³/mol. The number of amides is 1. The van der Waals surface area contributed by atoms with Gasteiger partial charge in [0, 0.05) is 18.5 Å². The van der Waals surface area contributed by atoms with Crippen LogP contribution in [0.1, 0.15) is 59.3 Å². The fraction of sp³-hybridized carbons (Fsp3) is 0.933. The fourth-order valence-corrected chi connectivity index (χ4v) is 2.92. The molecular formula is C15H30BNO2. The second kappa shape index (κ2) is 7.93. The lowest BCUT2D eigenvalue weighted by Crippen LogP contribution is -2.47. The van der Waals surface area contributed by atoms with E-state index >= 15 is 0 Å². The van der Waals surface area contributed by atoms with Crippen LogP contribution in [0.4, 0.5) is 0 Å². The highest BCUT2D eigenvalue weighted by molar-refractivity contribution is 6.50. The number of rotatable bonds is 7. The van der Waals surface area contributed by atoms with Crippen molar-refractivity contribution in [1.29, 1.82) is 0 Å². The third-order valence-electron chi connectivity index (χ3n) is 4.43. The highest BCUT2D eigenvalue weighted by Crippen LogP contribution is 2.33. The van der Waals surface area contributed by atoms with Crippen molar-refractivity contribution in [2.75, 3.05) is 13.1 Å². The van der Waals surface area contributed by atoms with E-state index in [0.29, 0.717) is 5.91 Å². The van der Waals surface area contributed by atoms with Gasteiger partial charge in [0.1, 0.15) is 0 Å². The first-order valence-corrected chi connectivity index (χ1v) is 8.01. The molecule has 0 bridgehead atoms. The molecule has 0 spiro atoms. The summed E-state index contributed by atoms with van der Waals surface area (Å²) in [6.07, 6.45) is 8.03. The molecule has 0 aromatic rings. The topological polar surface area (TPSA) is 40.5 Å². The van der Waals surface area contributed by atoms with Gasteiger partial charge in [-0.1, -0.05) is 46.5 Å². The lowest BCUT2D eigenvalue weighted by atomic mass is 9.59. The molecule has 1 amide bonds. The summed E-state index contributed by atoms with van der Waals surface area (Å²) in [7, 11) is 0. The summed E-state index contributed by atoms with van der Waals surface area (Å²) >= 11 is 0. The smallest absolute Gasteiger partial charge is 0.292 e. The summed E-state index contributed by atoms with van der Waals surface area (Å²) in [6.45, 7) is 7.76. The highest BCUT2D eigenvalue weighted by Gasteiger charge is 2.37. The van der Waals surface area contributed by atoms with Crippen LogP contribution in [0.3, 0.4) is 0 Å². The van der Waals surface area contributed by atoms with Crippen molar-refractivity contribution in [3.63, 3.8) is 0 Å². The van der Waals surface area contributed by atoms with Gasteiger partial charge in [-0.05, 0) is 25.5 Å². The van der Waals surface area contributed by atoms with E-state index in [0.717, 1.165) is 64.3 Å². The summed E-state index contributed by atoms with van der Waals surface area (Å²) in [6, 6.07) is 0. The van der Waals surface area contributed by atoms with E-state index in [1.165, 1.54) is 0 Å². The monoisotopic (exact) mass is 267 g/mol. The Morgan fingerprint density at radius 1 is 1.16 bits per heavy atom. The maximum absolute atomic E-state index is 12.8. The SMILES string of the molecule is CCCCC(C)(CCCC)C(=O)N1CCB(O)CC1. The molecule has 1 N–H and O–H groups in total. The maximum atomic E-state index is 12.8. The number of hydrogen-bond donors (Lipinski definition) is 1. The lowest BCUT2D eigenvalue weighted by Gasteiger charge is -2.37. The molecule has 1 rings (SSSR count). The number of carbonyl (C=O) groups excluding carboxylic acids is 1. The summed E-state index contributed by atoms with van der Waals surface area (Å²) in [4.78, 5) is 14.8. The molecule has 1 fully saturated rings. The maximum Gasteiger partial charge on any atom is 0.292 e. The van der Waals surface area contributed by atoms with Gasteiger partial charge in [-0.15, -0.1) is 0 Å². The summed E-state index contributed by atoms with van der Waals surface area (Å²) in [5, 5.41) is 9.56. The molecule has 0 unspecified atom stereocenters. The average Bonchev–Trinajstić information content (AvgIpc) is 2.43. The zero-order valence-corrected chi connectivity index (χ0v) is 13.0. The van der Waals surface area contributed by atoms with Crippen molar-refractivity contribution in [3.8, 4) is 0 Å². The molecule has 0 atom stereocenters. The van der Waals surface area contributed by atoms with E-state index in [4.69, 9.17) is 0 Å². The molecule has 0 aliphatic carbocycles. The van der Waals surface area contributed by atoms with Gasteiger partial charge in [0.25, 0.3) is 6.92 Å². The summed E-state index contributed by atoms with van der Waals surface area (Å²) < 4.78 is 0. The Balaban J connectivity index is 2.64. The van der Waals surface area contributed by atoms with Crippen molar-refractivity contribution in [2.45, 2.75) is 71.9 Å². The molecule has 1 heterocycles. The molecule has 0 radical (unpaired) electrons. The number of unbranched alkanes of at least 4 members (excludes halogenated alkanes) is 2. The highest BCUT2D eigenvalue weighted by atomic mass is 16.2. The van der Waals surface area contributed by atoms with Crippen LogP contribution >= 0.6 is 0 Å². The Labute approximate surface area is 118 Å². The normalized spacial score (nSPS) is 16.8. The van der Waals surface area contributed by atoms with Gasteiger partial charge in [0.05, 0.1) is 0 Å². The third kappa shape index (κ3) is 4.83. The van der Waals surface area contributed by atoms with E-state index in [1.807, 2.05) is 4.90 Å². The van der Waals surface area contributed by atoms with E-state index in [2.05, 4.69) is 20.8 Å². The Hall–Kier alpha value is -0.505. The molecule has 0 aromatic heterocycles. The van der Waals surface area contributed by atoms with E-state index in [9.17, 15) is 9.82 Å². The minimum Gasteiger partial charge on any atom is -0.450 e. The largest absolute Gasteiger partial charge is 0.450 e. The van der Waals surface area contributed by atoms with Crippen LogP contribution in [0.2, 0.25) is 12.6 Å². The molecule has 110 valence electrons. The van der Waals surface area contributed by atoms with Gasteiger partial charge < -0.3 is 9.92 Å². The minimum atomic E-state index is -0.207. The minimum absolute atomic E-state index is 0.186. The van der Waals surface area contributed by atoms with E-state index in [-0.39, 0.29) is 12.3 Å². The van der Waals surface area contributed by atoms with Crippen molar-refractivity contribution in [3.05, 3.63) is 0 Å². The van der Waals surface area contributed by atoms with E-state index < -0.39 is 0 Å². The quantitative estimate of drug-likeness (QED) is 0.719. The Bertz CT molecular complexity index is 267. The lowest BCUT2D eigenvalue weighted by molar-refractivity contribution is -0.142. The molecule has 0 saturated carbocycles. The fourth-order valence-electron chi connectivity index (χ4n) is 2.92. The van der Waals surface area contributed by atoms with Gasteiger partial charge in [-0.3, -0.25) is 4.79 Å². The van der Waals surface area contributed by atoms with Crippen LogP contribution in [-0.4, -0.2) is 35.8 Å². The first-order valence-electron chi connectivity index (χ1n) is 8.01. The van der Waals surface area contributed by atoms with Crippen LogP contribution in [0.15, 0.2) is 0 Å². The molecule has 4 heteroatoms. The van der Waals surface area contributed by atoms with Crippen LogP contribution in [0.25, 0.3) is 0 Å². The number of carbonyl (C=O) groups is 1. The van der Waals surface area contributed by atoms with Crippen molar-refractivity contribution in [2.24, 2.45) is 5.41 Å². The van der Waals surface area contributed by atoms with Gasteiger partial charge in [0.2, 0.25) is 5.91 Å². The number of hydrogen-bond acceptors (Lipinski definition) is 2. The first-order chi connectivity index (χ1) is 9.03.